The number of ether oxygens (including phenoxy) is 1. The van der Waals surface area contributed by atoms with E-state index in [-0.39, 0.29) is 29.3 Å². The first kappa shape index (κ1) is 21.7. The van der Waals surface area contributed by atoms with Gasteiger partial charge in [-0.15, -0.1) is 0 Å². The molecule has 3 heteroatoms. The van der Waals surface area contributed by atoms with Crippen LogP contribution in [0, 0.1) is 46.3 Å². The first-order chi connectivity index (χ1) is 14.1. The van der Waals surface area contributed by atoms with Crippen LogP contribution in [0.2, 0.25) is 0 Å². The molecule has 172 valence electrons. The highest BCUT2D eigenvalue weighted by molar-refractivity contribution is 5.26. The summed E-state index contributed by atoms with van der Waals surface area (Å²) in [5, 5.41) is 21.9. The Bertz CT molecular complexity index is 662. The molecule has 30 heavy (non-hydrogen) atoms. The van der Waals surface area contributed by atoms with Crippen LogP contribution >= 0.6 is 0 Å². The lowest BCUT2D eigenvalue weighted by molar-refractivity contribution is -0.151. The molecule has 1 aliphatic heterocycles. The van der Waals surface area contributed by atoms with Crippen LogP contribution < -0.4 is 0 Å². The van der Waals surface area contributed by atoms with Crippen molar-refractivity contribution in [2.24, 2.45) is 46.3 Å². The molecule has 1 saturated heterocycles. The average molecular weight is 419 g/mol. The Kier molecular flexibility index (Phi) is 5.20. The van der Waals surface area contributed by atoms with Crippen LogP contribution in [0.5, 0.6) is 0 Å². The number of fused-ring (bicyclic) bond motifs is 4. The van der Waals surface area contributed by atoms with Crippen molar-refractivity contribution in [2.45, 2.75) is 123 Å². The van der Waals surface area contributed by atoms with E-state index in [2.05, 4.69) is 34.6 Å². The highest BCUT2D eigenvalue weighted by Gasteiger charge is 2.79. The highest BCUT2D eigenvalue weighted by Crippen LogP contribution is 2.74. The Morgan fingerprint density at radius 3 is 2.43 bits per heavy atom. The smallest absolute Gasteiger partial charge is 0.114 e. The summed E-state index contributed by atoms with van der Waals surface area (Å²) in [6.07, 6.45) is 11.4. The summed E-state index contributed by atoms with van der Waals surface area (Å²) in [5.41, 5.74) is 0.295. The summed E-state index contributed by atoms with van der Waals surface area (Å²) in [4.78, 5) is 0. The second-order valence-electron chi connectivity index (χ2n) is 13.1. The number of hydrogen-bond donors (Lipinski definition) is 2. The zero-order chi connectivity index (χ0) is 21.5. The molecule has 0 aromatic rings. The van der Waals surface area contributed by atoms with Crippen molar-refractivity contribution >= 4 is 0 Å². The van der Waals surface area contributed by atoms with Crippen molar-refractivity contribution in [3.8, 4) is 0 Å². The van der Waals surface area contributed by atoms with Gasteiger partial charge in [0.05, 0.1) is 12.2 Å². The summed E-state index contributed by atoms with van der Waals surface area (Å²) < 4.78 is 6.37. The van der Waals surface area contributed by atoms with Crippen LogP contribution in [-0.4, -0.2) is 34.1 Å². The van der Waals surface area contributed by atoms with Crippen molar-refractivity contribution in [3.63, 3.8) is 0 Å². The monoisotopic (exact) mass is 418 g/mol. The molecule has 5 fully saturated rings. The number of aliphatic hydroxyl groups is 2. The minimum Gasteiger partial charge on any atom is -0.393 e. The lowest BCUT2D eigenvalue weighted by Gasteiger charge is -2.60. The third-order valence-electron chi connectivity index (χ3n) is 11.3. The van der Waals surface area contributed by atoms with Crippen LogP contribution in [-0.2, 0) is 4.74 Å². The summed E-state index contributed by atoms with van der Waals surface area (Å²) in [6.45, 7) is 12.2. The number of rotatable bonds is 5. The van der Waals surface area contributed by atoms with E-state index in [1.54, 1.807) is 0 Å². The van der Waals surface area contributed by atoms with Gasteiger partial charge in [-0.2, -0.15) is 0 Å². The molecule has 4 saturated carbocycles. The quantitative estimate of drug-likeness (QED) is 0.574. The molecular weight excluding hydrogens is 372 g/mol. The van der Waals surface area contributed by atoms with E-state index in [0.29, 0.717) is 23.2 Å². The molecule has 0 unspecified atom stereocenters. The largest absolute Gasteiger partial charge is 0.393 e. The second kappa shape index (κ2) is 7.19. The van der Waals surface area contributed by atoms with Crippen LogP contribution in [0.1, 0.15) is 98.8 Å². The van der Waals surface area contributed by atoms with Gasteiger partial charge in [0.15, 0.2) is 0 Å². The first-order valence-electron chi connectivity index (χ1n) is 13.2. The zero-order valence-electron chi connectivity index (χ0n) is 20.1. The van der Waals surface area contributed by atoms with Gasteiger partial charge in [-0.05, 0) is 79.4 Å². The standard InChI is InChI=1S/C27H46O3/c1-16(2)7-6-8-17(3)19-9-10-20-22-21(12-13-25(19,20)4)26(5)14-11-18(28)15-27(26)24(30-27)23(22)29/h16-24,28-29H,6-15H2,1-5H3/t17-,18+,19-,20+,21+,22+,23+,24-,25-,26-,27-/m1/s1. The molecule has 11 atom stereocenters. The third-order valence-corrected chi connectivity index (χ3v) is 11.3. The summed E-state index contributed by atoms with van der Waals surface area (Å²) in [7, 11) is 0. The maximum Gasteiger partial charge on any atom is 0.114 e. The molecule has 1 heterocycles. The maximum atomic E-state index is 11.5. The summed E-state index contributed by atoms with van der Waals surface area (Å²) in [5.74, 6) is 4.03. The van der Waals surface area contributed by atoms with Crippen LogP contribution in [0.25, 0.3) is 0 Å². The molecule has 0 aromatic heterocycles. The van der Waals surface area contributed by atoms with Gasteiger partial charge in [-0.25, -0.2) is 0 Å². The normalized spacial score (nSPS) is 55.4. The van der Waals surface area contributed by atoms with E-state index >= 15 is 0 Å². The van der Waals surface area contributed by atoms with Crippen LogP contribution in [0.3, 0.4) is 0 Å². The maximum absolute atomic E-state index is 11.5. The summed E-state index contributed by atoms with van der Waals surface area (Å²) >= 11 is 0. The fourth-order valence-corrected chi connectivity index (χ4v) is 9.67. The Hall–Kier alpha value is -0.120. The van der Waals surface area contributed by atoms with E-state index in [1.165, 1.54) is 44.9 Å². The molecule has 0 radical (unpaired) electrons. The molecule has 0 amide bonds. The van der Waals surface area contributed by atoms with E-state index in [9.17, 15) is 10.2 Å². The van der Waals surface area contributed by atoms with Crippen molar-refractivity contribution < 1.29 is 14.9 Å². The molecular formula is C27H46O3. The predicted molar refractivity (Wildman–Crippen MR) is 120 cm³/mol. The van der Waals surface area contributed by atoms with Crippen molar-refractivity contribution in [3.05, 3.63) is 0 Å². The van der Waals surface area contributed by atoms with Crippen LogP contribution in [0.4, 0.5) is 0 Å². The van der Waals surface area contributed by atoms with E-state index < -0.39 is 0 Å². The SMILES string of the molecule is CC(C)CCC[C@@H](C)[C@H]1CC[C@H]2[C@@H]3[C@H](O)[C@H]4O[C@]45C[C@@H](O)CC[C@]5(C)[C@H]3CC[C@]12C. The molecule has 5 aliphatic rings. The minimum absolute atomic E-state index is 0.0245. The van der Waals surface area contributed by atoms with Gasteiger partial charge < -0.3 is 14.9 Å². The Balaban J connectivity index is 1.37. The van der Waals surface area contributed by atoms with Gasteiger partial charge in [0.25, 0.3) is 0 Å². The fourth-order valence-electron chi connectivity index (χ4n) is 9.67. The van der Waals surface area contributed by atoms with E-state index in [1.807, 2.05) is 0 Å². The third kappa shape index (κ3) is 2.86. The van der Waals surface area contributed by atoms with Gasteiger partial charge in [-0.3, -0.25) is 0 Å². The van der Waals surface area contributed by atoms with E-state index in [0.717, 1.165) is 37.0 Å². The average Bonchev–Trinajstić information content (AvgIpc) is 3.29. The Morgan fingerprint density at radius 2 is 1.70 bits per heavy atom. The van der Waals surface area contributed by atoms with Crippen molar-refractivity contribution in [1.82, 2.24) is 0 Å². The summed E-state index contributed by atoms with van der Waals surface area (Å²) in [6, 6.07) is 0. The first-order valence-corrected chi connectivity index (χ1v) is 13.2. The molecule has 4 aliphatic carbocycles. The molecule has 1 spiro atoms. The number of aliphatic hydroxyl groups excluding tert-OH is 2. The van der Waals surface area contributed by atoms with E-state index in [4.69, 9.17) is 4.74 Å². The fraction of sp³-hybridized carbons (Fsp3) is 1.00. The molecule has 0 bridgehead atoms. The molecule has 0 aromatic carbocycles. The Labute approximate surface area is 184 Å². The Morgan fingerprint density at radius 1 is 0.933 bits per heavy atom. The number of hydrogen-bond acceptors (Lipinski definition) is 3. The molecule has 3 nitrogen and oxygen atoms in total. The number of epoxide rings is 1. The second-order valence-corrected chi connectivity index (χ2v) is 13.1. The minimum atomic E-state index is -0.326. The van der Waals surface area contributed by atoms with Gasteiger partial charge in [0, 0.05) is 11.8 Å². The van der Waals surface area contributed by atoms with Gasteiger partial charge in [-0.1, -0.05) is 53.9 Å². The predicted octanol–water partition coefficient (Wildman–Crippen LogP) is 5.57. The van der Waals surface area contributed by atoms with Gasteiger partial charge in [0.2, 0.25) is 0 Å². The molecule has 5 rings (SSSR count). The highest BCUT2D eigenvalue weighted by atomic mass is 16.6. The van der Waals surface area contributed by atoms with Crippen molar-refractivity contribution in [1.29, 1.82) is 0 Å². The lowest BCUT2D eigenvalue weighted by Crippen LogP contribution is -2.63. The van der Waals surface area contributed by atoms with Crippen LogP contribution in [0.15, 0.2) is 0 Å². The van der Waals surface area contributed by atoms with Gasteiger partial charge in [0.1, 0.15) is 11.7 Å². The zero-order valence-corrected chi connectivity index (χ0v) is 20.1. The van der Waals surface area contributed by atoms with Gasteiger partial charge >= 0.3 is 0 Å². The topological polar surface area (TPSA) is 53.0 Å². The molecule has 2 N–H and O–H groups in total. The lowest BCUT2D eigenvalue weighted by atomic mass is 9.43. The van der Waals surface area contributed by atoms with Crippen molar-refractivity contribution in [2.75, 3.05) is 0 Å².